The fraction of sp³-hybridized carbons (Fsp3) is 0.417. The average Bonchev–Trinajstić information content (AvgIpc) is 2.29. The summed E-state index contributed by atoms with van der Waals surface area (Å²) >= 11 is 5.24. The van der Waals surface area contributed by atoms with Crippen LogP contribution in [0.2, 0.25) is 0 Å². The van der Waals surface area contributed by atoms with E-state index in [0.29, 0.717) is 6.04 Å². The third-order valence-corrected chi connectivity index (χ3v) is 4.06. The Morgan fingerprint density at radius 3 is 3.00 bits per heavy atom. The average molecular weight is 315 g/mol. The molecule has 0 amide bonds. The summed E-state index contributed by atoms with van der Waals surface area (Å²) < 4.78 is 6.14. The highest BCUT2D eigenvalue weighted by atomic mass is 79.9. The molecule has 1 atom stereocenters. The summed E-state index contributed by atoms with van der Waals surface area (Å²) in [5.74, 6) is 1.96. The monoisotopic (exact) mass is 314 g/mol. The summed E-state index contributed by atoms with van der Waals surface area (Å²) in [5.41, 5.74) is 1.03. The SMILES string of the molecule is COc1ccc(NC2=NC(C)CCS2)cc1Br. The van der Waals surface area contributed by atoms with Gasteiger partial charge in [-0.2, -0.15) is 0 Å². The van der Waals surface area contributed by atoms with Gasteiger partial charge in [-0.25, -0.2) is 0 Å². The molecule has 5 heteroatoms. The minimum absolute atomic E-state index is 0.417. The standard InChI is InChI=1S/C12H15BrN2OS/c1-8-5-6-17-12(14-8)15-9-3-4-11(16-2)10(13)7-9/h3-4,7-8H,5-6H2,1-2H3,(H,14,15). The summed E-state index contributed by atoms with van der Waals surface area (Å²) in [6.07, 6.45) is 1.15. The first-order valence-electron chi connectivity index (χ1n) is 5.50. The molecule has 0 spiro atoms. The van der Waals surface area contributed by atoms with Gasteiger partial charge in [0.25, 0.3) is 0 Å². The maximum atomic E-state index is 5.20. The number of amidine groups is 1. The lowest BCUT2D eigenvalue weighted by molar-refractivity contribution is 0.412. The van der Waals surface area contributed by atoms with E-state index in [1.807, 2.05) is 18.2 Å². The Kier molecular flexibility index (Phi) is 4.34. The van der Waals surface area contributed by atoms with E-state index >= 15 is 0 Å². The van der Waals surface area contributed by atoms with Gasteiger partial charge in [0.1, 0.15) is 5.75 Å². The molecular weight excluding hydrogens is 300 g/mol. The third-order valence-electron chi connectivity index (χ3n) is 2.52. The molecule has 1 aromatic carbocycles. The van der Waals surface area contributed by atoms with E-state index < -0.39 is 0 Å². The number of anilines is 1. The molecule has 3 nitrogen and oxygen atoms in total. The second-order valence-corrected chi connectivity index (χ2v) is 5.83. The fourth-order valence-electron chi connectivity index (χ4n) is 1.56. The largest absolute Gasteiger partial charge is 0.496 e. The van der Waals surface area contributed by atoms with Gasteiger partial charge < -0.3 is 10.1 Å². The number of hydrogen-bond acceptors (Lipinski definition) is 4. The molecule has 1 aliphatic rings. The minimum atomic E-state index is 0.417. The molecule has 0 aliphatic carbocycles. The molecule has 0 bridgehead atoms. The second kappa shape index (κ2) is 5.78. The van der Waals surface area contributed by atoms with Crippen molar-refractivity contribution in [3.05, 3.63) is 22.7 Å². The van der Waals surface area contributed by atoms with Gasteiger partial charge in [-0.3, -0.25) is 4.99 Å². The molecule has 1 N–H and O–H groups in total. The lowest BCUT2D eigenvalue weighted by Gasteiger charge is -2.18. The van der Waals surface area contributed by atoms with Gasteiger partial charge in [0.05, 0.1) is 17.6 Å². The van der Waals surface area contributed by atoms with Crippen LogP contribution in [-0.4, -0.2) is 24.1 Å². The van der Waals surface area contributed by atoms with Gasteiger partial charge in [0.15, 0.2) is 5.17 Å². The molecule has 1 unspecified atom stereocenters. The number of nitrogens with zero attached hydrogens (tertiary/aromatic N) is 1. The molecule has 92 valence electrons. The topological polar surface area (TPSA) is 33.6 Å². The van der Waals surface area contributed by atoms with Crippen LogP contribution in [0.15, 0.2) is 27.7 Å². The van der Waals surface area contributed by atoms with Crippen molar-refractivity contribution in [1.82, 2.24) is 0 Å². The maximum Gasteiger partial charge on any atom is 0.161 e. The number of aliphatic imine (C=N–C) groups is 1. The van der Waals surface area contributed by atoms with E-state index in [1.54, 1.807) is 18.9 Å². The molecular formula is C12H15BrN2OS. The van der Waals surface area contributed by atoms with E-state index in [0.717, 1.165) is 33.3 Å². The highest BCUT2D eigenvalue weighted by Crippen LogP contribution is 2.28. The lowest BCUT2D eigenvalue weighted by Crippen LogP contribution is -2.17. The van der Waals surface area contributed by atoms with E-state index in [-0.39, 0.29) is 0 Å². The third kappa shape index (κ3) is 3.39. The minimum Gasteiger partial charge on any atom is -0.496 e. The zero-order valence-electron chi connectivity index (χ0n) is 9.87. The Bertz CT molecular complexity index is 437. The Hall–Kier alpha value is -0.680. The Morgan fingerprint density at radius 1 is 1.53 bits per heavy atom. The van der Waals surface area contributed by atoms with Crippen molar-refractivity contribution in [2.24, 2.45) is 4.99 Å². The van der Waals surface area contributed by atoms with Gasteiger partial charge in [-0.15, -0.1) is 0 Å². The second-order valence-electron chi connectivity index (χ2n) is 3.89. The Labute approximate surface area is 114 Å². The van der Waals surface area contributed by atoms with Crippen LogP contribution in [0.1, 0.15) is 13.3 Å². The number of nitrogens with one attached hydrogen (secondary N) is 1. The van der Waals surface area contributed by atoms with Crippen molar-refractivity contribution in [2.75, 3.05) is 18.2 Å². The van der Waals surface area contributed by atoms with Gasteiger partial charge in [0.2, 0.25) is 0 Å². The molecule has 0 fully saturated rings. The summed E-state index contributed by atoms with van der Waals surface area (Å²) in [5, 5.41) is 4.33. The van der Waals surface area contributed by atoms with Crippen molar-refractivity contribution in [2.45, 2.75) is 19.4 Å². The molecule has 1 aromatic rings. The van der Waals surface area contributed by atoms with Crippen LogP contribution in [0.5, 0.6) is 5.75 Å². The number of rotatable bonds is 2. The number of methoxy groups -OCH3 is 1. The van der Waals surface area contributed by atoms with Crippen LogP contribution in [0.4, 0.5) is 5.69 Å². The molecule has 2 rings (SSSR count). The molecule has 0 radical (unpaired) electrons. The Morgan fingerprint density at radius 2 is 2.35 bits per heavy atom. The number of benzene rings is 1. The van der Waals surface area contributed by atoms with Crippen LogP contribution < -0.4 is 10.1 Å². The van der Waals surface area contributed by atoms with Crippen molar-refractivity contribution >= 4 is 38.5 Å². The summed E-state index contributed by atoms with van der Waals surface area (Å²) in [6, 6.07) is 6.34. The smallest absolute Gasteiger partial charge is 0.161 e. The predicted molar refractivity (Wildman–Crippen MR) is 78.3 cm³/mol. The highest BCUT2D eigenvalue weighted by molar-refractivity contribution is 9.10. The van der Waals surface area contributed by atoms with Crippen LogP contribution >= 0.6 is 27.7 Å². The van der Waals surface area contributed by atoms with Crippen LogP contribution in [0, 0.1) is 0 Å². The first kappa shape index (κ1) is 12.8. The first-order valence-corrected chi connectivity index (χ1v) is 7.28. The normalized spacial score (nSPS) is 19.7. The quantitative estimate of drug-likeness (QED) is 0.902. The van der Waals surface area contributed by atoms with Gasteiger partial charge in [-0.1, -0.05) is 11.8 Å². The first-order chi connectivity index (χ1) is 8.19. The molecule has 1 heterocycles. The number of halogens is 1. The number of ether oxygens (including phenoxy) is 1. The fourth-order valence-corrected chi connectivity index (χ4v) is 3.20. The van der Waals surface area contributed by atoms with Gasteiger partial charge in [-0.05, 0) is 47.5 Å². The van der Waals surface area contributed by atoms with Crippen molar-refractivity contribution in [3.63, 3.8) is 0 Å². The lowest BCUT2D eigenvalue weighted by atomic mass is 10.3. The van der Waals surface area contributed by atoms with Crippen LogP contribution in [0.3, 0.4) is 0 Å². The molecule has 0 saturated heterocycles. The number of hydrogen-bond donors (Lipinski definition) is 1. The van der Waals surface area contributed by atoms with E-state index in [1.165, 1.54) is 0 Å². The van der Waals surface area contributed by atoms with E-state index in [4.69, 9.17) is 4.74 Å². The van der Waals surface area contributed by atoms with Gasteiger partial charge >= 0.3 is 0 Å². The molecule has 0 saturated carbocycles. The maximum absolute atomic E-state index is 5.20. The van der Waals surface area contributed by atoms with Crippen molar-refractivity contribution < 1.29 is 4.74 Å². The summed E-state index contributed by atoms with van der Waals surface area (Å²) in [6.45, 7) is 2.14. The zero-order valence-corrected chi connectivity index (χ0v) is 12.3. The van der Waals surface area contributed by atoms with Crippen molar-refractivity contribution in [3.8, 4) is 5.75 Å². The zero-order chi connectivity index (χ0) is 12.3. The molecule has 0 aromatic heterocycles. The molecule has 1 aliphatic heterocycles. The van der Waals surface area contributed by atoms with Gasteiger partial charge in [0, 0.05) is 11.4 Å². The summed E-state index contributed by atoms with van der Waals surface area (Å²) in [7, 11) is 1.66. The number of thioether (sulfide) groups is 1. The van der Waals surface area contributed by atoms with Crippen LogP contribution in [-0.2, 0) is 0 Å². The van der Waals surface area contributed by atoms with Crippen molar-refractivity contribution in [1.29, 1.82) is 0 Å². The Balaban J connectivity index is 2.11. The predicted octanol–water partition coefficient (Wildman–Crippen LogP) is 3.75. The molecule has 17 heavy (non-hydrogen) atoms. The van der Waals surface area contributed by atoms with Crippen LogP contribution in [0.25, 0.3) is 0 Å². The van der Waals surface area contributed by atoms with E-state index in [9.17, 15) is 0 Å². The van der Waals surface area contributed by atoms with E-state index in [2.05, 4.69) is 33.2 Å². The highest BCUT2D eigenvalue weighted by Gasteiger charge is 2.12. The summed E-state index contributed by atoms with van der Waals surface area (Å²) in [4.78, 5) is 4.57.